The van der Waals surface area contributed by atoms with Gasteiger partial charge in [0, 0.05) is 10.7 Å². The first-order valence-corrected chi connectivity index (χ1v) is 10.9. The molecule has 2 heterocycles. The van der Waals surface area contributed by atoms with E-state index in [-0.39, 0.29) is 18.0 Å². The minimum atomic E-state index is -0.556. The van der Waals surface area contributed by atoms with E-state index in [4.69, 9.17) is 11.6 Å². The van der Waals surface area contributed by atoms with Gasteiger partial charge in [0.05, 0.1) is 11.2 Å². The second-order valence-corrected chi connectivity index (χ2v) is 8.77. The van der Waals surface area contributed by atoms with E-state index >= 15 is 0 Å². The lowest BCUT2D eigenvalue weighted by Crippen LogP contribution is -2.40. The molecule has 1 amide bonds. The highest BCUT2D eigenvalue weighted by molar-refractivity contribution is 7.17. The highest BCUT2D eigenvalue weighted by Gasteiger charge is 2.18. The van der Waals surface area contributed by atoms with Crippen LogP contribution in [-0.2, 0) is 11.3 Å². The number of fused-ring (bicyclic) bond motifs is 1. The molecule has 1 N–H and O–H groups in total. The van der Waals surface area contributed by atoms with E-state index in [1.807, 2.05) is 39.0 Å². The van der Waals surface area contributed by atoms with Crippen molar-refractivity contribution in [3.63, 3.8) is 0 Å². The SMILES string of the molecule is Cc1ccc(-n2c(=O)c3sccc3n(CC(=O)Nc3ccc(C)c(Cl)c3)c2=O)c(C)c1. The summed E-state index contributed by atoms with van der Waals surface area (Å²) in [5.41, 5.74) is 3.29. The van der Waals surface area contributed by atoms with Crippen molar-refractivity contribution < 1.29 is 4.79 Å². The van der Waals surface area contributed by atoms with Gasteiger partial charge in [0.1, 0.15) is 11.2 Å². The molecule has 2 aromatic heterocycles. The molecule has 0 unspecified atom stereocenters. The number of hydrogen-bond acceptors (Lipinski definition) is 4. The van der Waals surface area contributed by atoms with Crippen molar-refractivity contribution in [2.24, 2.45) is 0 Å². The number of halogens is 1. The highest BCUT2D eigenvalue weighted by Crippen LogP contribution is 2.21. The molecule has 2 aromatic carbocycles. The summed E-state index contributed by atoms with van der Waals surface area (Å²) in [7, 11) is 0. The van der Waals surface area contributed by atoms with Crippen LogP contribution in [0, 0.1) is 20.8 Å². The molecular weight excluding hydrogens is 434 g/mol. The highest BCUT2D eigenvalue weighted by atomic mass is 35.5. The van der Waals surface area contributed by atoms with Crippen LogP contribution in [0.5, 0.6) is 0 Å². The van der Waals surface area contributed by atoms with E-state index in [0.29, 0.717) is 26.6 Å². The summed E-state index contributed by atoms with van der Waals surface area (Å²) in [5, 5.41) is 5.05. The summed E-state index contributed by atoms with van der Waals surface area (Å²) in [4.78, 5) is 39.2. The zero-order chi connectivity index (χ0) is 22.3. The van der Waals surface area contributed by atoms with E-state index in [9.17, 15) is 14.4 Å². The molecule has 6 nitrogen and oxygen atoms in total. The van der Waals surface area contributed by atoms with E-state index in [1.165, 1.54) is 15.9 Å². The predicted octanol–water partition coefficient (Wildman–Crippen LogP) is 4.43. The van der Waals surface area contributed by atoms with Crippen LogP contribution in [-0.4, -0.2) is 15.0 Å². The smallest absolute Gasteiger partial charge is 0.324 e. The monoisotopic (exact) mass is 453 g/mol. The van der Waals surface area contributed by atoms with Gasteiger partial charge in [0.25, 0.3) is 5.56 Å². The Hall–Kier alpha value is -3.16. The molecule has 0 bridgehead atoms. The molecule has 4 aromatic rings. The van der Waals surface area contributed by atoms with Crippen molar-refractivity contribution in [1.82, 2.24) is 9.13 Å². The summed E-state index contributed by atoms with van der Waals surface area (Å²) in [5.74, 6) is -0.389. The fraction of sp³-hybridized carbons (Fsp3) is 0.174. The van der Waals surface area contributed by atoms with Gasteiger partial charge >= 0.3 is 5.69 Å². The van der Waals surface area contributed by atoms with Gasteiger partial charge < -0.3 is 5.32 Å². The van der Waals surface area contributed by atoms with Gasteiger partial charge in [-0.15, -0.1) is 11.3 Å². The van der Waals surface area contributed by atoms with E-state index in [0.717, 1.165) is 21.3 Å². The molecule has 31 heavy (non-hydrogen) atoms. The number of rotatable bonds is 4. The number of anilines is 1. The van der Waals surface area contributed by atoms with E-state index in [1.54, 1.807) is 29.6 Å². The number of thiophene rings is 1. The van der Waals surface area contributed by atoms with Crippen LogP contribution in [0.15, 0.2) is 57.4 Å². The zero-order valence-corrected chi connectivity index (χ0v) is 18.8. The summed E-state index contributed by atoms with van der Waals surface area (Å²) >= 11 is 7.38. The Morgan fingerprint density at radius 2 is 1.81 bits per heavy atom. The van der Waals surface area contributed by atoms with E-state index in [2.05, 4.69) is 5.32 Å². The number of aryl methyl sites for hydroxylation is 3. The summed E-state index contributed by atoms with van der Waals surface area (Å²) in [6.45, 7) is 5.44. The zero-order valence-electron chi connectivity index (χ0n) is 17.2. The topological polar surface area (TPSA) is 73.1 Å². The molecule has 8 heteroatoms. The Morgan fingerprint density at radius 1 is 1.03 bits per heavy atom. The molecule has 4 rings (SSSR count). The van der Waals surface area contributed by atoms with Crippen LogP contribution in [0.25, 0.3) is 15.9 Å². The number of carbonyl (C=O) groups excluding carboxylic acids is 1. The lowest BCUT2D eigenvalue weighted by molar-refractivity contribution is -0.116. The lowest BCUT2D eigenvalue weighted by Gasteiger charge is -2.14. The maximum Gasteiger partial charge on any atom is 0.336 e. The number of nitrogens with one attached hydrogen (secondary N) is 1. The minimum absolute atomic E-state index is 0.233. The first-order valence-electron chi connectivity index (χ1n) is 9.63. The number of nitrogens with zero attached hydrogens (tertiary/aromatic N) is 2. The summed E-state index contributed by atoms with van der Waals surface area (Å²) in [6.07, 6.45) is 0. The molecule has 0 spiro atoms. The van der Waals surface area contributed by atoms with E-state index < -0.39 is 5.69 Å². The number of carbonyl (C=O) groups is 1. The quantitative estimate of drug-likeness (QED) is 0.496. The van der Waals surface area contributed by atoms with Crippen LogP contribution < -0.4 is 16.6 Å². The molecular formula is C23H20ClN3O3S. The molecule has 0 aliphatic rings. The fourth-order valence-electron chi connectivity index (χ4n) is 3.52. The van der Waals surface area contributed by atoms with Crippen molar-refractivity contribution in [1.29, 1.82) is 0 Å². The lowest BCUT2D eigenvalue weighted by atomic mass is 10.1. The Bertz CT molecular complexity index is 1450. The molecule has 158 valence electrons. The van der Waals surface area contributed by atoms with Crippen LogP contribution in [0.3, 0.4) is 0 Å². The Balaban J connectivity index is 1.80. The van der Waals surface area contributed by atoms with Crippen LogP contribution in [0.1, 0.15) is 16.7 Å². The number of amides is 1. The van der Waals surface area contributed by atoms with Crippen LogP contribution >= 0.6 is 22.9 Å². The minimum Gasteiger partial charge on any atom is -0.324 e. The average molecular weight is 454 g/mol. The second kappa shape index (κ2) is 8.17. The number of aromatic nitrogens is 2. The largest absolute Gasteiger partial charge is 0.336 e. The number of hydrogen-bond donors (Lipinski definition) is 1. The second-order valence-electron chi connectivity index (χ2n) is 7.45. The Kier molecular flexibility index (Phi) is 5.56. The fourth-order valence-corrected chi connectivity index (χ4v) is 4.53. The number of benzene rings is 2. The van der Waals surface area contributed by atoms with Crippen molar-refractivity contribution in [3.05, 3.63) is 90.4 Å². The van der Waals surface area contributed by atoms with Gasteiger partial charge in [-0.2, -0.15) is 0 Å². The third-order valence-corrected chi connectivity index (χ3v) is 6.40. The van der Waals surface area contributed by atoms with Crippen molar-refractivity contribution in [3.8, 4) is 5.69 Å². The Morgan fingerprint density at radius 3 is 2.52 bits per heavy atom. The average Bonchev–Trinajstić information content (AvgIpc) is 3.20. The molecule has 0 atom stereocenters. The molecule has 0 aliphatic carbocycles. The summed E-state index contributed by atoms with van der Waals surface area (Å²) in [6, 6.07) is 12.4. The van der Waals surface area contributed by atoms with Crippen molar-refractivity contribution in [2.45, 2.75) is 27.3 Å². The third-order valence-electron chi connectivity index (χ3n) is 5.11. The van der Waals surface area contributed by atoms with Gasteiger partial charge in [-0.3, -0.25) is 14.2 Å². The van der Waals surface area contributed by atoms with Crippen molar-refractivity contribution >= 4 is 44.7 Å². The van der Waals surface area contributed by atoms with Crippen LogP contribution in [0.4, 0.5) is 5.69 Å². The Labute approximate surface area is 187 Å². The van der Waals surface area contributed by atoms with Crippen molar-refractivity contribution in [2.75, 3.05) is 5.32 Å². The maximum absolute atomic E-state index is 13.4. The van der Waals surface area contributed by atoms with Gasteiger partial charge in [-0.25, -0.2) is 9.36 Å². The molecule has 0 radical (unpaired) electrons. The third kappa shape index (κ3) is 3.94. The van der Waals surface area contributed by atoms with Crippen LogP contribution in [0.2, 0.25) is 5.02 Å². The first-order chi connectivity index (χ1) is 14.8. The summed E-state index contributed by atoms with van der Waals surface area (Å²) < 4.78 is 2.90. The predicted molar refractivity (Wildman–Crippen MR) is 126 cm³/mol. The first kappa shape index (κ1) is 21.1. The standard InChI is InChI=1S/C23H20ClN3O3S/c1-13-4-7-18(15(3)10-13)27-22(29)21-19(8-9-31-21)26(23(27)30)12-20(28)25-16-6-5-14(2)17(24)11-16/h4-11H,12H2,1-3H3,(H,25,28). The van der Waals surface area contributed by atoms with Gasteiger partial charge in [0.2, 0.25) is 5.91 Å². The molecule has 0 saturated heterocycles. The molecule has 0 aliphatic heterocycles. The molecule has 0 saturated carbocycles. The molecule has 0 fully saturated rings. The van der Waals surface area contributed by atoms with Gasteiger partial charge in [0.15, 0.2) is 0 Å². The van der Waals surface area contributed by atoms with Gasteiger partial charge in [-0.1, -0.05) is 35.4 Å². The normalized spacial score (nSPS) is 11.1. The maximum atomic E-state index is 13.4. The van der Waals surface area contributed by atoms with Gasteiger partial charge in [-0.05, 0) is 61.5 Å².